The average Bonchev–Trinajstić information content (AvgIpc) is 2.17. The van der Waals surface area contributed by atoms with Crippen LogP contribution in [-0.2, 0) is 11.2 Å². The van der Waals surface area contributed by atoms with Crippen LogP contribution in [0.4, 0.5) is 0 Å². The van der Waals surface area contributed by atoms with Crippen LogP contribution in [0.25, 0.3) is 0 Å². The fourth-order valence-electron chi connectivity index (χ4n) is 1.57. The second-order valence-electron chi connectivity index (χ2n) is 3.47. The number of hydrogen-bond donors (Lipinski definition) is 2. The molecule has 1 aliphatic rings. The molecule has 2 rings (SSSR count). The van der Waals surface area contributed by atoms with Gasteiger partial charge in [0.15, 0.2) is 5.75 Å². The Morgan fingerprint density at radius 1 is 1.67 bits per heavy atom. The predicted molar refractivity (Wildman–Crippen MR) is 57.7 cm³/mol. The molecule has 0 spiro atoms. The van der Waals surface area contributed by atoms with Crippen LogP contribution in [-0.4, -0.2) is 17.1 Å². The lowest BCUT2D eigenvalue weighted by Gasteiger charge is -2.24. The van der Waals surface area contributed by atoms with Gasteiger partial charge in [-0.2, -0.15) is 5.48 Å². The molecule has 0 aliphatic carbocycles. The molecule has 2 N–H and O–H groups in total. The van der Waals surface area contributed by atoms with E-state index in [-0.39, 0.29) is 12.5 Å². The van der Waals surface area contributed by atoms with E-state index in [1.165, 1.54) is 0 Å². The number of aliphatic carboxylic acids is 1. The molecule has 1 aromatic carbocycles. The summed E-state index contributed by atoms with van der Waals surface area (Å²) in [6.45, 7) is 0. The van der Waals surface area contributed by atoms with Gasteiger partial charge in [-0.1, -0.05) is 22.0 Å². The molecular formula is C10H10BrNO3. The van der Waals surface area contributed by atoms with Crippen molar-refractivity contribution >= 4 is 21.9 Å². The molecule has 0 saturated heterocycles. The highest BCUT2D eigenvalue weighted by Crippen LogP contribution is 2.27. The summed E-state index contributed by atoms with van der Waals surface area (Å²) in [5.74, 6) is -0.0670. The molecule has 0 aromatic heterocycles. The summed E-state index contributed by atoms with van der Waals surface area (Å²) in [6.07, 6.45) is 0.740. The SMILES string of the molecule is O=C(O)CC1Cc2ccc(Br)cc2ON1. The molecule has 80 valence electrons. The minimum absolute atomic E-state index is 0.0650. The third-order valence-electron chi connectivity index (χ3n) is 2.25. The Hall–Kier alpha value is -1.07. The molecule has 1 aliphatic heterocycles. The molecule has 1 atom stereocenters. The van der Waals surface area contributed by atoms with Gasteiger partial charge in [0.1, 0.15) is 0 Å². The normalized spacial score (nSPS) is 19.1. The number of fused-ring (bicyclic) bond motifs is 1. The van der Waals surface area contributed by atoms with Gasteiger partial charge in [-0.25, -0.2) is 0 Å². The molecule has 4 nitrogen and oxygen atoms in total. The van der Waals surface area contributed by atoms with Crippen molar-refractivity contribution in [3.8, 4) is 5.75 Å². The Kier molecular flexibility index (Phi) is 2.93. The highest BCUT2D eigenvalue weighted by Gasteiger charge is 2.21. The van der Waals surface area contributed by atoms with Crippen LogP contribution in [0, 0.1) is 0 Å². The van der Waals surface area contributed by atoms with Gasteiger partial charge >= 0.3 is 5.97 Å². The maximum absolute atomic E-state index is 10.5. The maximum atomic E-state index is 10.5. The molecule has 0 radical (unpaired) electrons. The van der Waals surface area contributed by atoms with E-state index in [0.29, 0.717) is 6.42 Å². The van der Waals surface area contributed by atoms with Crippen molar-refractivity contribution in [2.24, 2.45) is 0 Å². The third-order valence-corrected chi connectivity index (χ3v) is 2.75. The second kappa shape index (κ2) is 4.20. The van der Waals surface area contributed by atoms with E-state index < -0.39 is 5.97 Å². The quantitative estimate of drug-likeness (QED) is 0.860. The summed E-state index contributed by atoms with van der Waals surface area (Å²) in [4.78, 5) is 15.8. The summed E-state index contributed by atoms with van der Waals surface area (Å²) in [6, 6.07) is 5.57. The van der Waals surface area contributed by atoms with Gasteiger partial charge in [0, 0.05) is 4.47 Å². The number of carbonyl (C=O) groups is 1. The second-order valence-corrected chi connectivity index (χ2v) is 4.39. The first-order chi connectivity index (χ1) is 7.15. The maximum Gasteiger partial charge on any atom is 0.305 e. The number of hydrogen-bond acceptors (Lipinski definition) is 3. The van der Waals surface area contributed by atoms with E-state index in [9.17, 15) is 4.79 Å². The third kappa shape index (κ3) is 2.49. The predicted octanol–water partition coefficient (Wildman–Crippen LogP) is 1.73. The van der Waals surface area contributed by atoms with Crippen molar-refractivity contribution in [1.29, 1.82) is 0 Å². The van der Waals surface area contributed by atoms with Gasteiger partial charge in [0.05, 0.1) is 12.5 Å². The van der Waals surface area contributed by atoms with Crippen molar-refractivity contribution in [2.45, 2.75) is 18.9 Å². The van der Waals surface area contributed by atoms with Crippen molar-refractivity contribution in [1.82, 2.24) is 5.48 Å². The minimum Gasteiger partial charge on any atom is -0.481 e. The van der Waals surface area contributed by atoms with Gasteiger partial charge in [-0.05, 0) is 24.1 Å². The number of carboxylic acid groups (broad SMARTS) is 1. The number of rotatable bonds is 2. The van der Waals surface area contributed by atoms with E-state index in [1.54, 1.807) is 0 Å². The van der Waals surface area contributed by atoms with Crippen LogP contribution in [0.15, 0.2) is 22.7 Å². The van der Waals surface area contributed by atoms with Crippen LogP contribution in [0.2, 0.25) is 0 Å². The van der Waals surface area contributed by atoms with Gasteiger partial charge < -0.3 is 9.94 Å². The van der Waals surface area contributed by atoms with Crippen molar-refractivity contribution in [2.75, 3.05) is 0 Å². The lowest BCUT2D eigenvalue weighted by atomic mass is 10.0. The van der Waals surface area contributed by atoms with Gasteiger partial charge in [0.2, 0.25) is 0 Å². The van der Waals surface area contributed by atoms with Crippen molar-refractivity contribution in [3.05, 3.63) is 28.2 Å². The monoisotopic (exact) mass is 271 g/mol. The zero-order valence-corrected chi connectivity index (χ0v) is 9.45. The molecule has 15 heavy (non-hydrogen) atoms. The summed E-state index contributed by atoms with van der Waals surface area (Å²) in [7, 11) is 0. The Morgan fingerprint density at radius 3 is 3.20 bits per heavy atom. The minimum atomic E-state index is -0.823. The number of carboxylic acids is 1. The van der Waals surface area contributed by atoms with Crippen molar-refractivity contribution < 1.29 is 14.7 Å². The largest absolute Gasteiger partial charge is 0.481 e. The Morgan fingerprint density at radius 2 is 2.47 bits per heavy atom. The molecule has 0 saturated carbocycles. The number of halogens is 1. The smallest absolute Gasteiger partial charge is 0.305 e. The summed E-state index contributed by atoms with van der Waals surface area (Å²) in [5.41, 5.74) is 3.76. The zero-order chi connectivity index (χ0) is 10.8. The molecular weight excluding hydrogens is 262 g/mol. The Labute approximate surface area is 95.3 Å². The molecule has 0 bridgehead atoms. The standard InChI is InChI=1S/C10H10BrNO3/c11-7-2-1-6-3-8(5-10(13)14)12-15-9(6)4-7/h1-2,4,8,12H,3,5H2,(H,13,14). The van der Waals surface area contributed by atoms with Gasteiger partial charge in [-0.3, -0.25) is 4.79 Å². The number of nitrogens with one attached hydrogen (secondary N) is 1. The number of hydroxylamine groups is 1. The Balaban J connectivity index is 2.13. The van der Waals surface area contributed by atoms with Crippen LogP contribution < -0.4 is 10.3 Å². The van der Waals surface area contributed by atoms with E-state index in [2.05, 4.69) is 21.4 Å². The first-order valence-electron chi connectivity index (χ1n) is 4.58. The number of benzene rings is 1. The summed E-state index contributed by atoms with van der Waals surface area (Å²) < 4.78 is 0.944. The molecule has 5 heteroatoms. The zero-order valence-electron chi connectivity index (χ0n) is 7.87. The van der Waals surface area contributed by atoms with Gasteiger partial charge in [-0.15, -0.1) is 0 Å². The summed E-state index contributed by atoms with van der Waals surface area (Å²) in [5, 5.41) is 8.65. The highest BCUT2D eigenvalue weighted by atomic mass is 79.9. The van der Waals surface area contributed by atoms with E-state index >= 15 is 0 Å². The van der Waals surface area contributed by atoms with Crippen LogP contribution in [0.5, 0.6) is 5.75 Å². The fraction of sp³-hybridized carbons (Fsp3) is 0.300. The molecule has 1 heterocycles. The topological polar surface area (TPSA) is 58.6 Å². The van der Waals surface area contributed by atoms with Gasteiger partial charge in [0.25, 0.3) is 0 Å². The van der Waals surface area contributed by atoms with Crippen LogP contribution in [0.1, 0.15) is 12.0 Å². The van der Waals surface area contributed by atoms with Crippen LogP contribution >= 0.6 is 15.9 Å². The molecule has 0 amide bonds. The highest BCUT2D eigenvalue weighted by molar-refractivity contribution is 9.10. The van der Waals surface area contributed by atoms with E-state index in [1.807, 2.05) is 18.2 Å². The Bertz CT molecular complexity index is 394. The molecule has 0 fully saturated rings. The van der Waals surface area contributed by atoms with Crippen molar-refractivity contribution in [3.63, 3.8) is 0 Å². The van der Waals surface area contributed by atoms with E-state index in [0.717, 1.165) is 15.8 Å². The lowest BCUT2D eigenvalue weighted by Crippen LogP contribution is -2.39. The first kappa shape index (κ1) is 10.4. The van der Waals surface area contributed by atoms with E-state index in [4.69, 9.17) is 9.94 Å². The van der Waals surface area contributed by atoms with Crippen LogP contribution in [0.3, 0.4) is 0 Å². The molecule has 1 unspecified atom stereocenters. The first-order valence-corrected chi connectivity index (χ1v) is 5.37. The molecule has 1 aromatic rings. The fourth-order valence-corrected chi connectivity index (χ4v) is 1.91. The lowest BCUT2D eigenvalue weighted by molar-refractivity contribution is -0.138. The average molecular weight is 272 g/mol. The summed E-state index contributed by atoms with van der Waals surface area (Å²) >= 11 is 3.34.